The van der Waals surface area contributed by atoms with Crippen LogP contribution in [0.3, 0.4) is 0 Å². The average molecular weight is 507 g/mol. The van der Waals surface area contributed by atoms with Crippen LogP contribution in [0, 0.1) is 18.3 Å². The number of unbranched alkanes of at least 4 members (excludes halogenated alkanes) is 1. The number of hydrogen-bond acceptors (Lipinski definition) is 5. The van der Waals surface area contributed by atoms with E-state index >= 15 is 0 Å². The van der Waals surface area contributed by atoms with Gasteiger partial charge in [0.1, 0.15) is 23.5 Å². The predicted molar refractivity (Wildman–Crippen MR) is 145 cm³/mol. The first-order chi connectivity index (χ1) is 18.3. The average Bonchev–Trinajstić information content (AvgIpc) is 3.50. The van der Waals surface area contributed by atoms with Crippen molar-refractivity contribution in [2.24, 2.45) is 0 Å². The number of imide groups is 1. The molecular weight excluding hydrogens is 476 g/mol. The molecule has 0 N–H and O–H groups in total. The molecule has 3 aromatic rings. The Morgan fingerprint density at radius 2 is 1.92 bits per heavy atom. The maximum absolute atomic E-state index is 13.5. The monoisotopic (exact) mass is 506 g/mol. The maximum atomic E-state index is 13.5. The third kappa shape index (κ3) is 4.43. The van der Waals surface area contributed by atoms with Crippen LogP contribution in [0.1, 0.15) is 50.3 Å². The van der Waals surface area contributed by atoms with E-state index in [1.165, 1.54) is 4.90 Å². The van der Waals surface area contributed by atoms with E-state index in [0.29, 0.717) is 23.3 Å². The van der Waals surface area contributed by atoms with Crippen molar-refractivity contribution in [3.8, 4) is 28.8 Å². The molecule has 2 amide bonds. The second-order valence-electron chi connectivity index (χ2n) is 9.91. The normalized spacial score (nSPS) is 18.1. The molecule has 0 saturated heterocycles. The largest absolute Gasteiger partial charge is 0.490 e. The number of hydrogen-bond donors (Lipinski definition) is 0. The Kier molecular flexibility index (Phi) is 6.73. The molecule has 0 bridgehead atoms. The number of amides is 2. The van der Waals surface area contributed by atoms with Gasteiger partial charge in [0.15, 0.2) is 0 Å². The van der Waals surface area contributed by atoms with Gasteiger partial charge in [-0.25, -0.2) is 4.68 Å². The van der Waals surface area contributed by atoms with Crippen molar-refractivity contribution in [2.45, 2.75) is 53.1 Å². The van der Waals surface area contributed by atoms with E-state index in [-0.39, 0.29) is 24.1 Å². The smallest absolute Gasteiger partial charge is 0.271 e. The standard InChI is InChI=1S/C31H30N4O3/c1-5-6-12-34-30(36)26(21(4)27(17-32)31(34)37)16-24-18-35(25-10-8-7-9-11-25)33-28(24)22-13-19(2)29-23(15-22)14-20(3)38-29/h7-11,13,15-16,18,20H,5-6,12,14H2,1-4H3/b26-16-/t20-/m0/s1. The SMILES string of the molecule is CCCCN1C(=O)C(C#N)=C(C)/C(=C/c2cn(-c3ccccc3)nc2-c2cc(C)c3c(c2)C[C@H](C)O3)C1=O. The minimum Gasteiger partial charge on any atom is -0.490 e. The number of benzene rings is 2. The van der Waals surface area contributed by atoms with Crippen LogP contribution in [0.15, 0.2) is 65.4 Å². The van der Waals surface area contributed by atoms with E-state index in [2.05, 4.69) is 19.1 Å². The van der Waals surface area contributed by atoms with E-state index in [0.717, 1.165) is 46.5 Å². The Morgan fingerprint density at radius 1 is 1.16 bits per heavy atom. The van der Waals surface area contributed by atoms with Crippen LogP contribution in [-0.4, -0.2) is 39.1 Å². The zero-order chi connectivity index (χ0) is 27.0. The fraction of sp³-hybridized carbons (Fsp3) is 0.290. The molecule has 0 fully saturated rings. The summed E-state index contributed by atoms with van der Waals surface area (Å²) in [6.45, 7) is 8.03. The lowest BCUT2D eigenvalue weighted by atomic mass is 9.92. The number of para-hydroxylation sites is 1. The summed E-state index contributed by atoms with van der Waals surface area (Å²) in [5.74, 6) is 0.0171. The van der Waals surface area contributed by atoms with Crippen LogP contribution in [-0.2, 0) is 16.0 Å². The van der Waals surface area contributed by atoms with Gasteiger partial charge in [0.25, 0.3) is 11.8 Å². The van der Waals surface area contributed by atoms with Gasteiger partial charge < -0.3 is 4.74 Å². The van der Waals surface area contributed by atoms with Gasteiger partial charge in [0.05, 0.1) is 11.4 Å². The Balaban J connectivity index is 1.69. The van der Waals surface area contributed by atoms with Crippen molar-refractivity contribution in [3.63, 3.8) is 0 Å². The van der Waals surface area contributed by atoms with Gasteiger partial charge in [-0.3, -0.25) is 14.5 Å². The molecule has 2 aromatic carbocycles. The van der Waals surface area contributed by atoms with E-state index in [4.69, 9.17) is 9.84 Å². The second kappa shape index (κ2) is 10.1. The minimum atomic E-state index is -0.524. The number of nitrogens with zero attached hydrogens (tertiary/aromatic N) is 4. The molecule has 0 radical (unpaired) electrons. The fourth-order valence-electron chi connectivity index (χ4n) is 5.09. The minimum absolute atomic E-state index is 0.00321. The summed E-state index contributed by atoms with van der Waals surface area (Å²) in [6.07, 6.45) is 6.10. The maximum Gasteiger partial charge on any atom is 0.271 e. The van der Waals surface area contributed by atoms with Gasteiger partial charge in [-0.2, -0.15) is 10.4 Å². The summed E-state index contributed by atoms with van der Waals surface area (Å²) < 4.78 is 7.80. The van der Waals surface area contributed by atoms with E-state index in [1.54, 1.807) is 17.7 Å². The highest BCUT2D eigenvalue weighted by Gasteiger charge is 2.35. The fourth-order valence-corrected chi connectivity index (χ4v) is 5.09. The lowest BCUT2D eigenvalue weighted by Gasteiger charge is -2.27. The number of carbonyl (C=O) groups excluding carboxylic acids is 2. The summed E-state index contributed by atoms with van der Waals surface area (Å²) in [5.41, 5.74) is 6.13. The highest BCUT2D eigenvalue weighted by atomic mass is 16.5. The molecular formula is C31H30N4O3. The number of nitriles is 1. The summed E-state index contributed by atoms with van der Waals surface area (Å²) in [7, 11) is 0. The molecule has 38 heavy (non-hydrogen) atoms. The van der Waals surface area contributed by atoms with E-state index in [1.807, 2.05) is 56.4 Å². The number of aryl methyl sites for hydroxylation is 1. The summed E-state index contributed by atoms with van der Waals surface area (Å²) in [5, 5.41) is 14.7. The molecule has 3 heterocycles. The molecule has 2 aliphatic heterocycles. The van der Waals surface area contributed by atoms with Crippen molar-refractivity contribution in [1.29, 1.82) is 5.26 Å². The van der Waals surface area contributed by atoms with Crippen LogP contribution < -0.4 is 4.74 Å². The van der Waals surface area contributed by atoms with Gasteiger partial charge in [-0.05, 0) is 74.2 Å². The first-order valence-corrected chi connectivity index (χ1v) is 13.0. The number of carbonyl (C=O) groups is 2. The predicted octanol–water partition coefficient (Wildman–Crippen LogP) is 5.56. The number of ether oxygens (including phenoxy) is 1. The van der Waals surface area contributed by atoms with Crippen LogP contribution >= 0.6 is 0 Å². The highest BCUT2D eigenvalue weighted by molar-refractivity contribution is 6.19. The molecule has 0 unspecified atom stereocenters. The first kappa shape index (κ1) is 25.2. The number of fused-ring (bicyclic) bond motifs is 1. The first-order valence-electron chi connectivity index (χ1n) is 13.0. The number of aromatic nitrogens is 2. The Hall–Kier alpha value is -4.44. The molecule has 7 nitrogen and oxygen atoms in total. The summed E-state index contributed by atoms with van der Waals surface area (Å²) in [4.78, 5) is 27.6. The molecule has 5 rings (SSSR count). The van der Waals surface area contributed by atoms with Crippen molar-refractivity contribution in [3.05, 3.63) is 82.1 Å². The highest BCUT2D eigenvalue weighted by Crippen LogP contribution is 2.38. The summed E-state index contributed by atoms with van der Waals surface area (Å²) in [6, 6.07) is 16.0. The van der Waals surface area contributed by atoms with Crippen molar-refractivity contribution >= 4 is 17.9 Å². The lowest BCUT2D eigenvalue weighted by Crippen LogP contribution is -2.43. The van der Waals surface area contributed by atoms with Gasteiger partial charge in [0, 0.05) is 35.9 Å². The Labute approximate surface area is 222 Å². The van der Waals surface area contributed by atoms with E-state index in [9.17, 15) is 14.9 Å². The second-order valence-corrected chi connectivity index (χ2v) is 9.91. The zero-order valence-corrected chi connectivity index (χ0v) is 22.1. The van der Waals surface area contributed by atoms with Gasteiger partial charge in [0.2, 0.25) is 0 Å². The topological polar surface area (TPSA) is 88.2 Å². The molecule has 2 aliphatic rings. The molecule has 7 heteroatoms. The third-order valence-electron chi connectivity index (χ3n) is 7.08. The van der Waals surface area contributed by atoms with Crippen molar-refractivity contribution in [2.75, 3.05) is 6.54 Å². The van der Waals surface area contributed by atoms with Crippen LogP contribution in [0.2, 0.25) is 0 Å². The molecule has 192 valence electrons. The molecule has 1 atom stereocenters. The molecule has 0 saturated carbocycles. The van der Waals surface area contributed by atoms with Gasteiger partial charge in [-0.15, -0.1) is 0 Å². The van der Waals surface area contributed by atoms with Crippen LogP contribution in [0.25, 0.3) is 23.0 Å². The quantitative estimate of drug-likeness (QED) is 0.322. The lowest BCUT2D eigenvalue weighted by molar-refractivity contribution is -0.140. The van der Waals surface area contributed by atoms with Gasteiger partial charge in [-0.1, -0.05) is 31.5 Å². The zero-order valence-electron chi connectivity index (χ0n) is 22.1. The van der Waals surface area contributed by atoms with Crippen LogP contribution in [0.5, 0.6) is 5.75 Å². The van der Waals surface area contributed by atoms with Crippen molar-refractivity contribution < 1.29 is 14.3 Å². The van der Waals surface area contributed by atoms with E-state index < -0.39 is 5.91 Å². The third-order valence-corrected chi connectivity index (χ3v) is 7.08. The Morgan fingerprint density at radius 3 is 2.63 bits per heavy atom. The summed E-state index contributed by atoms with van der Waals surface area (Å²) >= 11 is 0. The van der Waals surface area contributed by atoms with Gasteiger partial charge >= 0.3 is 0 Å². The molecule has 0 aliphatic carbocycles. The van der Waals surface area contributed by atoms with Crippen LogP contribution in [0.4, 0.5) is 0 Å². The molecule has 1 aromatic heterocycles. The Bertz CT molecular complexity index is 1540. The molecule has 0 spiro atoms. The van der Waals surface area contributed by atoms with Crippen molar-refractivity contribution in [1.82, 2.24) is 14.7 Å². The number of rotatable bonds is 6.